The summed E-state index contributed by atoms with van der Waals surface area (Å²) >= 11 is 0. The molecule has 44 heavy (non-hydrogen) atoms. The van der Waals surface area contributed by atoms with E-state index in [1.165, 1.54) is 6.08 Å². The zero-order valence-corrected chi connectivity index (χ0v) is 24.9. The summed E-state index contributed by atoms with van der Waals surface area (Å²) in [4.78, 5) is 56.4. The minimum Gasteiger partial charge on any atom is -0.445 e. The van der Waals surface area contributed by atoms with Crippen molar-refractivity contribution in [1.29, 1.82) is 0 Å². The Bertz CT molecular complexity index is 1510. The third kappa shape index (κ3) is 6.84. The van der Waals surface area contributed by atoms with Crippen molar-refractivity contribution in [2.45, 2.75) is 38.1 Å². The van der Waals surface area contributed by atoms with E-state index in [0.717, 1.165) is 21.9 Å². The van der Waals surface area contributed by atoms with E-state index in [1.807, 2.05) is 72.8 Å². The van der Waals surface area contributed by atoms with E-state index < -0.39 is 18.3 Å². The largest absolute Gasteiger partial charge is 0.445 e. The van der Waals surface area contributed by atoms with Crippen molar-refractivity contribution >= 4 is 34.7 Å². The van der Waals surface area contributed by atoms with Gasteiger partial charge in [-0.3, -0.25) is 9.59 Å². The summed E-state index contributed by atoms with van der Waals surface area (Å²) in [6.07, 6.45) is 0.922. The second-order valence-electron chi connectivity index (χ2n) is 10.9. The van der Waals surface area contributed by atoms with Gasteiger partial charge in [0.05, 0.1) is 13.1 Å². The van der Waals surface area contributed by atoms with E-state index in [0.29, 0.717) is 25.9 Å². The monoisotopic (exact) mass is 598 g/mol. The number of fused-ring (bicyclic) bond motifs is 2. The van der Waals surface area contributed by atoms with Crippen LogP contribution in [0.4, 0.5) is 9.59 Å². The van der Waals surface area contributed by atoms with Crippen LogP contribution in [-0.2, 0) is 27.4 Å². The summed E-state index contributed by atoms with van der Waals surface area (Å²) < 4.78 is 4.97. The number of alkyl carbamates (subject to hydrolysis) is 1. The summed E-state index contributed by atoms with van der Waals surface area (Å²) in [5.41, 5.74) is 1.92. The van der Waals surface area contributed by atoms with Crippen molar-refractivity contribution in [3.8, 4) is 0 Å². The van der Waals surface area contributed by atoms with Crippen LogP contribution in [0.2, 0.25) is 0 Å². The molecule has 3 aromatic rings. The molecule has 5 rings (SSSR count). The minimum absolute atomic E-state index is 0.0471. The molecule has 2 aliphatic heterocycles. The van der Waals surface area contributed by atoms with Crippen molar-refractivity contribution in [2.24, 2.45) is 0 Å². The Hall–Kier alpha value is -4.90. The first kappa shape index (κ1) is 30.6. The molecule has 2 atom stereocenters. The molecule has 2 aliphatic rings. The van der Waals surface area contributed by atoms with Crippen LogP contribution < -0.4 is 10.6 Å². The zero-order valence-electron chi connectivity index (χ0n) is 24.9. The smallest absolute Gasteiger partial charge is 0.407 e. The lowest BCUT2D eigenvalue weighted by Gasteiger charge is -2.54. The van der Waals surface area contributed by atoms with Gasteiger partial charge in [-0.2, -0.15) is 0 Å². The topological polar surface area (TPSA) is 115 Å². The van der Waals surface area contributed by atoms with Gasteiger partial charge in [-0.25, -0.2) is 19.6 Å². The van der Waals surface area contributed by atoms with Crippen molar-refractivity contribution in [2.75, 3.05) is 33.3 Å². The van der Waals surface area contributed by atoms with Gasteiger partial charge in [-0.05, 0) is 34.7 Å². The Morgan fingerprint density at radius 1 is 1.00 bits per heavy atom. The van der Waals surface area contributed by atoms with E-state index >= 15 is 0 Å². The number of hydrogen-bond donors (Lipinski definition) is 2. The first-order valence-corrected chi connectivity index (χ1v) is 14.8. The second-order valence-corrected chi connectivity index (χ2v) is 10.9. The standard InChI is InChI=1S/C33H38N6O5/c1-3-19-44-33(43)34-18-10-17-28-31(41)37(21-26-15-9-14-25-13-7-8-16-27(25)26)22-29-38(28)30(40)23-36(2)39(29)32(42)35-20-24-11-5-4-6-12-24/h3-9,11-16,28-29H,1,10,17-23H2,2H3,(H,34,43)(H,35,42)/t28-,29-/m0/s1. The number of urea groups is 1. The van der Waals surface area contributed by atoms with Gasteiger partial charge in [0.1, 0.15) is 18.8 Å². The molecule has 2 N–H and O–H groups in total. The highest BCUT2D eigenvalue weighted by atomic mass is 16.5. The van der Waals surface area contributed by atoms with Crippen molar-refractivity contribution in [3.63, 3.8) is 0 Å². The highest BCUT2D eigenvalue weighted by Gasteiger charge is 2.50. The molecule has 0 bridgehead atoms. The molecule has 0 saturated carbocycles. The summed E-state index contributed by atoms with van der Waals surface area (Å²) in [6.45, 7) is 4.63. The molecule has 2 heterocycles. The van der Waals surface area contributed by atoms with Crippen LogP contribution in [0.15, 0.2) is 85.5 Å². The highest BCUT2D eigenvalue weighted by molar-refractivity contribution is 5.92. The summed E-state index contributed by atoms with van der Waals surface area (Å²) in [5, 5.41) is 10.9. The Labute approximate surface area is 257 Å². The number of benzene rings is 3. The van der Waals surface area contributed by atoms with E-state index in [-0.39, 0.29) is 44.1 Å². The Balaban J connectivity index is 1.39. The first-order valence-electron chi connectivity index (χ1n) is 14.8. The molecular weight excluding hydrogens is 560 g/mol. The molecular formula is C33H38N6O5. The second kappa shape index (κ2) is 14.0. The number of nitrogens with zero attached hydrogens (tertiary/aromatic N) is 4. The number of rotatable bonds is 10. The first-order chi connectivity index (χ1) is 21.4. The quantitative estimate of drug-likeness (QED) is 0.273. The average molecular weight is 599 g/mol. The molecule has 0 aliphatic carbocycles. The van der Waals surface area contributed by atoms with Crippen LogP contribution in [0.1, 0.15) is 24.0 Å². The molecule has 0 radical (unpaired) electrons. The number of likely N-dealkylation sites (N-methyl/N-ethyl adjacent to an activating group) is 1. The normalized spacial score (nSPS) is 18.6. The van der Waals surface area contributed by atoms with Crippen LogP contribution >= 0.6 is 0 Å². The fourth-order valence-electron chi connectivity index (χ4n) is 5.89. The number of amides is 5. The van der Waals surface area contributed by atoms with Crippen molar-refractivity contribution in [3.05, 3.63) is 96.6 Å². The molecule has 2 fully saturated rings. The van der Waals surface area contributed by atoms with E-state index in [4.69, 9.17) is 4.74 Å². The van der Waals surface area contributed by atoms with Gasteiger partial charge in [-0.1, -0.05) is 85.5 Å². The van der Waals surface area contributed by atoms with E-state index in [9.17, 15) is 19.2 Å². The maximum Gasteiger partial charge on any atom is 0.407 e. The lowest BCUT2D eigenvalue weighted by atomic mass is 9.99. The van der Waals surface area contributed by atoms with Gasteiger partial charge >= 0.3 is 12.1 Å². The van der Waals surface area contributed by atoms with Gasteiger partial charge in [0.25, 0.3) is 0 Å². The van der Waals surface area contributed by atoms with Gasteiger partial charge in [0.2, 0.25) is 11.8 Å². The van der Waals surface area contributed by atoms with Crippen LogP contribution in [0.5, 0.6) is 0 Å². The zero-order chi connectivity index (χ0) is 31.1. The van der Waals surface area contributed by atoms with E-state index in [1.54, 1.807) is 26.9 Å². The number of piperazine rings is 1. The fourth-order valence-corrected chi connectivity index (χ4v) is 5.89. The highest BCUT2D eigenvalue weighted by Crippen LogP contribution is 2.30. The van der Waals surface area contributed by atoms with Crippen molar-refractivity contribution in [1.82, 2.24) is 30.5 Å². The SMILES string of the molecule is C=CCOC(=O)NCCC[C@H]1C(=O)N(Cc2cccc3ccccc23)C[C@H]2N1C(=O)CN(C)N2C(=O)NCc1ccccc1. The van der Waals surface area contributed by atoms with Gasteiger partial charge in [0.15, 0.2) is 0 Å². The van der Waals surface area contributed by atoms with Crippen LogP contribution in [-0.4, -0.2) is 89.3 Å². The summed E-state index contributed by atoms with van der Waals surface area (Å²) in [7, 11) is 1.70. The van der Waals surface area contributed by atoms with Gasteiger partial charge < -0.3 is 25.2 Å². The van der Waals surface area contributed by atoms with Gasteiger partial charge in [-0.15, -0.1) is 0 Å². The molecule has 230 valence electrons. The third-order valence-electron chi connectivity index (χ3n) is 7.93. The maximum atomic E-state index is 14.1. The Kier molecular flexibility index (Phi) is 9.75. The van der Waals surface area contributed by atoms with Crippen LogP contribution in [0.3, 0.4) is 0 Å². The summed E-state index contributed by atoms with van der Waals surface area (Å²) in [6, 6.07) is 22.4. The number of carbonyl (C=O) groups is 4. The number of ether oxygens (including phenoxy) is 1. The number of hydrogen-bond acceptors (Lipinski definition) is 6. The Morgan fingerprint density at radius 3 is 2.55 bits per heavy atom. The third-order valence-corrected chi connectivity index (χ3v) is 7.93. The molecule has 2 saturated heterocycles. The molecule has 0 spiro atoms. The molecule has 5 amide bonds. The van der Waals surface area contributed by atoms with Gasteiger partial charge in [0, 0.05) is 26.7 Å². The van der Waals surface area contributed by atoms with Crippen molar-refractivity contribution < 1.29 is 23.9 Å². The maximum absolute atomic E-state index is 14.1. The average Bonchev–Trinajstić information content (AvgIpc) is 3.03. The predicted octanol–water partition coefficient (Wildman–Crippen LogP) is 3.47. The number of hydrazine groups is 1. The lowest BCUT2D eigenvalue weighted by Crippen LogP contribution is -2.75. The van der Waals surface area contributed by atoms with E-state index in [2.05, 4.69) is 17.2 Å². The predicted molar refractivity (Wildman–Crippen MR) is 166 cm³/mol. The molecule has 11 nitrogen and oxygen atoms in total. The number of carbonyl (C=O) groups excluding carboxylic acids is 4. The van der Waals surface area contributed by atoms with Crippen LogP contribution in [0.25, 0.3) is 10.8 Å². The number of nitrogens with one attached hydrogen (secondary N) is 2. The van der Waals surface area contributed by atoms with Crippen LogP contribution in [0, 0.1) is 0 Å². The molecule has 3 aromatic carbocycles. The molecule has 0 unspecified atom stereocenters. The fraction of sp³-hybridized carbons (Fsp3) is 0.333. The minimum atomic E-state index is -0.805. The summed E-state index contributed by atoms with van der Waals surface area (Å²) in [5.74, 6) is -0.419. The lowest BCUT2D eigenvalue weighted by molar-refractivity contribution is -0.188. The molecule has 11 heteroatoms. The Morgan fingerprint density at radius 2 is 1.75 bits per heavy atom. The molecule has 0 aromatic heterocycles.